The van der Waals surface area contributed by atoms with E-state index in [1.165, 1.54) is 6.20 Å². The molecule has 3 aromatic rings. The first-order valence-electron chi connectivity index (χ1n) is 8.36. The van der Waals surface area contributed by atoms with E-state index in [0.29, 0.717) is 17.9 Å². The molecule has 0 bridgehead atoms. The zero-order valence-electron chi connectivity index (χ0n) is 15.2. The Bertz CT molecular complexity index is 1040. The molecule has 10 nitrogen and oxygen atoms in total. The predicted molar refractivity (Wildman–Crippen MR) is 101 cm³/mol. The van der Waals surface area contributed by atoms with Crippen molar-refractivity contribution in [2.45, 2.75) is 13.5 Å². The minimum atomic E-state index is -0.301. The van der Waals surface area contributed by atoms with Crippen LogP contribution in [-0.4, -0.2) is 44.7 Å². The van der Waals surface area contributed by atoms with E-state index < -0.39 is 0 Å². The minimum Gasteiger partial charge on any atom is -0.368 e. The lowest BCUT2D eigenvalue weighted by molar-refractivity contribution is 0.0963. The number of hydrogen-bond donors (Lipinski definition) is 3. The molecule has 10 heteroatoms. The van der Waals surface area contributed by atoms with E-state index >= 15 is 0 Å². The SMILES string of the molecule is CNC(=O)c1cnc(N)nc1Nc1cccc2c1N(C)Cc1nc(C)nn1-2. The number of anilines is 4. The fraction of sp³-hybridized carbons (Fsp3) is 0.235. The summed E-state index contributed by atoms with van der Waals surface area (Å²) in [7, 11) is 3.53. The second-order valence-electron chi connectivity index (χ2n) is 6.21. The Morgan fingerprint density at radius 3 is 2.89 bits per heavy atom. The Kier molecular flexibility index (Phi) is 3.87. The maximum absolute atomic E-state index is 12.2. The summed E-state index contributed by atoms with van der Waals surface area (Å²) in [5, 5.41) is 10.3. The molecule has 3 heterocycles. The molecule has 0 spiro atoms. The summed E-state index contributed by atoms with van der Waals surface area (Å²) in [6.07, 6.45) is 1.40. The highest BCUT2D eigenvalue weighted by Gasteiger charge is 2.25. The first kappa shape index (κ1) is 16.8. The number of nitrogens with one attached hydrogen (secondary N) is 2. The molecule has 2 aromatic heterocycles. The van der Waals surface area contributed by atoms with Gasteiger partial charge in [-0.15, -0.1) is 0 Å². The van der Waals surface area contributed by atoms with Crippen LogP contribution >= 0.6 is 0 Å². The molecular weight excluding hydrogens is 346 g/mol. The molecule has 0 saturated carbocycles. The number of carbonyl (C=O) groups is 1. The van der Waals surface area contributed by atoms with Crippen molar-refractivity contribution in [1.82, 2.24) is 30.0 Å². The van der Waals surface area contributed by atoms with Crippen molar-refractivity contribution in [1.29, 1.82) is 0 Å². The summed E-state index contributed by atoms with van der Waals surface area (Å²) >= 11 is 0. The molecule has 138 valence electrons. The number of nitrogens with two attached hydrogens (primary N) is 1. The number of fused-ring (bicyclic) bond motifs is 3. The number of benzene rings is 1. The van der Waals surface area contributed by atoms with Crippen molar-refractivity contribution >= 4 is 29.0 Å². The number of para-hydroxylation sites is 1. The van der Waals surface area contributed by atoms with Crippen LogP contribution in [0.4, 0.5) is 23.1 Å². The molecule has 0 atom stereocenters. The van der Waals surface area contributed by atoms with Crippen LogP contribution in [0.25, 0.3) is 5.69 Å². The third-order valence-corrected chi connectivity index (χ3v) is 4.32. The van der Waals surface area contributed by atoms with Gasteiger partial charge in [-0.05, 0) is 19.1 Å². The maximum Gasteiger partial charge on any atom is 0.256 e. The van der Waals surface area contributed by atoms with Gasteiger partial charge in [0.2, 0.25) is 5.95 Å². The predicted octanol–water partition coefficient (Wildman–Crippen LogP) is 1.00. The highest BCUT2D eigenvalue weighted by Crippen LogP contribution is 2.38. The van der Waals surface area contributed by atoms with E-state index in [1.807, 2.05) is 36.9 Å². The largest absolute Gasteiger partial charge is 0.368 e. The van der Waals surface area contributed by atoms with Crippen LogP contribution in [0.2, 0.25) is 0 Å². The average Bonchev–Trinajstić information content (AvgIpc) is 3.01. The van der Waals surface area contributed by atoms with Gasteiger partial charge >= 0.3 is 0 Å². The number of nitrogens with zero attached hydrogens (tertiary/aromatic N) is 6. The summed E-state index contributed by atoms with van der Waals surface area (Å²) < 4.78 is 1.84. The van der Waals surface area contributed by atoms with Crippen molar-refractivity contribution in [2.24, 2.45) is 0 Å². The molecular formula is C17H19N9O. The first-order valence-corrected chi connectivity index (χ1v) is 8.36. The molecule has 4 rings (SSSR count). The Hall–Kier alpha value is -3.69. The molecule has 1 aromatic carbocycles. The standard InChI is InChI=1S/C17H19N9O/c1-9-21-13-8-25(3)14-11(5-4-6-12(14)26(13)24-9)22-15-10(16(27)19-2)7-20-17(18)23-15/h4-7H,8H2,1-3H3,(H,19,27)(H3,18,20,22,23). The van der Waals surface area contributed by atoms with Crippen molar-refractivity contribution < 1.29 is 4.79 Å². The average molecular weight is 365 g/mol. The van der Waals surface area contributed by atoms with E-state index in [4.69, 9.17) is 5.73 Å². The Morgan fingerprint density at radius 2 is 2.11 bits per heavy atom. The van der Waals surface area contributed by atoms with Crippen LogP contribution in [-0.2, 0) is 6.54 Å². The molecule has 0 aliphatic carbocycles. The van der Waals surface area contributed by atoms with E-state index in [1.54, 1.807) is 7.05 Å². The van der Waals surface area contributed by atoms with Gasteiger partial charge < -0.3 is 21.3 Å². The fourth-order valence-corrected chi connectivity index (χ4v) is 3.17. The minimum absolute atomic E-state index is 0.0810. The Labute approximate surface area is 155 Å². The molecule has 27 heavy (non-hydrogen) atoms. The fourth-order valence-electron chi connectivity index (χ4n) is 3.17. The lowest BCUT2D eigenvalue weighted by Gasteiger charge is -2.29. The smallest absolute Gasteiger partial charge is 0.256 e. The quantitative estimate of drug-likeness (QED) is 0.627. The number of hydrogen-bond acceptors (Lipinski definition) is 8. The van der Waals surface area contributed by atoms with E-state index in [-0.39, 0.29) is 11.9 Å². The van der Waals surface area contributed by atoms with Gasteiger partial charge in [0.25, 0.3) is 5.91 Å². The second-order valence-corrected chi connectivity index (χ2v) is 6.21. The van der Waals surface area contributed by atoms with Crippen LogP contribution in [0.5, 0.6) is 0 Å². The summed E-state index contributed by atoms with van der Waals surface area (Å²) in [6, 6.07) is 5.79. The van der Waals surface area contributed by atoms with Gasteiger partial charge in [-0.25, -0.2) is 14.6 Å². The number of aryl methyl sites for hydroxylation is 1. The molecule has 0 fully saturated rings. The maximum atomic E-state index is 12.2. The van der Waals surface area contributed by atoms with Crippen molar-refractivity contribution in [3.05, 3.63) is 41.6 Å². The number of aromatic nitrogens is 5. The van der Waals surface area contributed by atoms with Crippen molar-refractivity contribution in [3.8, 4) is 5.69 Å². The van der Waals surface area contributed by atoms with Crippen molar-refractivity contribution in [3.63, 3.8) is 0 Å². The van der Waals surface area contributed by atoms with Gasteiger partial charge in [-0.1, -0.05) is 6.07 Å². The molecule has 0 radical (unpaired) electrons. The molecule has 4 N–H and O–H groups in total. The normalized spacial score (nSPS) is 12.3. The third-order valence-electron chi connectivity index (χ3n) is 4.32. The van der Waals surface area contributed by atoms with Crippen molar-refractivity contribution in [2.75, 3.05) is 30.0 Å². The molecule has 1 aliphatic heterocycles. The highest BCUT2D eigenvalue weighted by molar-refractivity contribution is 5.99. The zero-order chi connectivity index (χ0) is 19.1. The molecule has 1 amide bonds. The third kappa shape index (κ3) is 2.80. The van der Waals surface area contributed by atoms with Crippen LogP contribution in [0.1, 0.15) is 22.0 Å². The number of nitrogen functional groups attached to an aromatic ring is 1. The Balaban J connectivity index is 1.82. The van der Waals surface area contributed by atoms with E-state index in [9.17, 15) is 4.79 Å². The second kappa shape index (κ2) is 6.24. The molecule has 0 saturated heterocycles. The molecule has 1 aliphatic rings. The van der Waals surface area contributed by atoms with E-state index in [0.717, 1.165) is 28.7 Å². The molecule has 0 unspecified atom stereocenters. The highest BCUT2D eigenvalue weighted by atomic mass is 16.1. The van der Waals surface area contributed by atoms with Gasteiger partial charge in [-0.3, -0.25) is 4.79 Å². The lowest BCUT2D eigenvalue weighted by Crippen LogP contribution is -2.27. The van der Waals surface area contributed by atoms with Gasteiger partial charge in [0.15, 0.2) is 5.82 Å². The van der Waals surface area contributed by atoms with Gasteiger partial charge in [-0.2, -0.15) is 10.1 Å². The van der Waals surface area contributed by atoms with Gasteiger partial charge in [0.05, 0.1) is 23.6 Å². The van der Waals surface area contributed by atoms with Crippen LogP contribution in [0.3, 0.4) is 0 Å². The van der Waals surface area contributed by atoms with E-state index in [2.05, 4.69) is 35.6 Å². The topological polar surface area (TPSA) is 127 Å². The van der Waals surface area contributed by atoms with Crippen LogP contribution in [0.15, 0.2) is 24.4 Å². The number of carbonyl (C=O) groups excluding carboxylic acids is 1. The monoisotopic (exact) mass is 365 g/mol. The van der Waals surface area contributed by atoms with Gasteiger partial charge in [0.1, 0.15) is 17.2 Å². The summed E-state index contributed by atoms with van der Waals surface area (Å²) in [6.45, 7) is 2.48. The zero-order valence-corrected chi connectivity index (χ0v) is 15.2. The number of rotatable bonds is 3. The summed E-state index contributed by atoms with van der Waals surface area (Å²) in [4.78, 5) is 26.8. The Morgan fingerprint density at radius 1 is 1.30 bits per heavy atom. The number of amides is 1. The summed E-state index contributed by atoms with van der Waals surface area (Å²) in [5.74, 6) is 1.71. The van der Waals surface area contributed by atoms with Crippen LogP contribution in [0, 0.1) is 6.92 Å². The van der Waals surface area contributed by atoms with Gasteiger partial charge in [0, 0.05) is 20.3 Å². The lowest BCUT2D eigenvalue weighted by atomic mass is 10.1. The summed E-state index contributed by atoms with van der Waals surface area (Å²) in [5.41, 5.74) is 8.63. The first-order chi connectivity index (χ1) is 13.0. The van der Waals surface area contributed by atoms with Crippen LogP contribution < -0.4 is 21.3 Å².